The average molecular weight is 325 g/mol. The molecule has 1 saturated carbocycles. The Bertz CT molecular complexity index is 578. The molecule has 2 rings (SSSR count). The normalized spacial score (nSPS) is 24.4. The van der Waals surface area contributed by atoms with Crippen LogP contribution in [0.3, 0.4) is 0 Å². The summed E-state index contributed by atoms with van der Waals surface area (Å²) in [6.07, 6.45) is 2.66. The molecule has 3 N–H and O–H groups in total. The summed E-state index contributed by atoms with van der Waals surface area (Å²) >= 11 is 0. The van der Waals surface area contributed by atoms with Gasteiger partial charge in [-0.2, -0.15) is 5.10 Å². The van der Waals surface area contributed by atoms with Gasteiger partial charge < -0.3 is 20.3 Å². The molecule has 23 heavy (non-hydrogen) atoms. The van der Waals surface area contributed by atoms with Gasteiger partial charge in [-0.25, -0.2) is 9.59 Å². The van der Waals surface area contributed by atoms with Crippen molar-refractivity contribution in [2.75, 3.05) is 0 Å². The molecule has 1 aliphatic rings. The van der Waals surface area contributed by atoms with E-state index in [1.54, 1.807) is 25.5 Å². The van der Waals surface area contributed by atoms with Crippen LogP contribution in [0, 0.1) is 5.92 Å². The molecule has 0 spiro atoms. The highest BCUT2D eigenvalue weighted by molar-refractivity contribution is 5.86. The second kappa shape index (κ2) is 6.57. The molecule has 0 aliphatic heterocycles. The number of amides is 1. The van der Waals surface area contributed by atoms with Gasteiger partial charge in [-0.15, -0.1) is 0 Å². The van der Waals surface area contributed by atoms with Crippen molar-refractivity contribution in [3.63, 3.8) is 0 Å². The summed E-state index contributed by atoms with van der Waals surface area (Å²) in [5.74, 6) is -0.918. The van der Waals surface area contributed by atoms with Gasteiger partial charge >= 0.3 is 12.1 Å². The van der Waals surface area contributed by atoms with E-state index in [2.05, 4.69) is 10.4 Å². The van der Waals surface area contributed by atoms with Crippen LogP contribution in [0.25, 0.3) is 0 Å². The average Bonchev–Trinajstić information content (AvgIpc) is 2.95. The van der Waals surface area contributed by atoms with Gasteiger partial charge in [0.15, 0.2) is 0 Å². The minimum absolute atomic E-state index is 0.103. The predicted molar refractivity (Wildman–Crippen MR) is 81.1 cm³/mol. The van der Waals surface area contributed by atoms with Gasteiger partial charge in [-0.1, -0.05) is 0 Å². The lowest BCUT2D eigenvalue weighted by molar-refractivity contribution is 0.0449. The zero-order chi connectivity index (χ0) is 17.2. The highest BCUT2D eigenvalue weighted by Crippen LogP contribution is 2.27. The summed E-state index contributed by atoms with van der Waals surface area (Å²) in [6, 6.07) is -0.371. The van der Waals surface area contributed by atoms with Crippen molar-refractivity contribution in [1.29, 1.82) is 0 Å². The lowest BCUT2D eigenvalue weighted by Gasteiger charge is -2.23. The standard InChI is InChI=1S/C15H23N3O5/c1-15(2,3)23-14(22)17-11-4-9(5-12(11)19)7-18-8-10(6-16-18)13(20)21/h6,8-9,11-12,19H,4-5,7H2,1-3H3,(H,17,22)(H,20,21)/t9?,11-,12-/m1/s1. The molecule has 128 valence electrons. The van der Waals surface area contributed by atoms with Crippen LogP contribution in [-0.2, 0) is 11.3 Å². The maximum absolute atomic E-state index is 11.8. The summed E-state index contributed by atoms with van der Waals surface area (Å²) in [7, 11) is 0. The van der Waals surface area contributed by atoms with Crippen molar-refractivity contribution in [3.05, 3.63) is 18.0 Å². The first-order valence-electron chi connectivity index (χ1n) is 7.57. The third-order valence-corrected chi connectivity index (χ3v) is 3.65. The Kier molecular flexibility index (Phi) is 4.93. The summed E-state index contributed by atoms with van der Waals surface area (Å²) in [6.45, 7) is 5.82. The van der Waals surface area contributed by atoms with E-state index >= 15 is 0 Å². The first-order chi connectivity index (χ1) is 10.6. The highest BCUT2D eigenvalue weighted by atomic mass is 16.6. The predicted octanol–water partition coefficient (Wildman–Crippen LogP) is 1.25. The summed E-state index contributed by atoms with van der Waals surface area (Å²) < 4.78 is 6.74. The quantitative estimate of drug-likeness (QED) is 0.767. The molecule has 0 saturated heterocycles. The number of alkyl carbamates (subject to hydrolysis) is 1. The molecule has 1 fully saturated rings. The van der Waals surface area contributed by atoms with E-state index in [9.17, 15) is 14.7 Å². The van der Waals surface area contributed by atoms with E-state index in [0.717, 1.165) is 0 Å². The van der Waals surface area contributed by atoms with E-state index in [1.807, 2.05) is 0 Å². The Balaban J connectivity index is 1.87. The minimum Gasteiger partial charge on any atom is -0.478 e. The number of hydrogen-bond acceptors (Lipinski definition) is 5. The van der Waals surface area contributed by atoms with Crippen LogP contribution in [0.4, 0.5) is 4.79 Å². The molecule has 0 aromatic carbocycles. The SMILES string of the molecule is CC(C)(C)OC(=O)N[C@@H]1CC(Cn2cc(C(=O)O)cn2)C[C@H]1O. The molecule has 1 amide bonds. The summed E-state index contributed by atoms with van der Waals surface area (Å²) in [5, 5.41) is 25.7. The van der Waals surface area contributed by atoms with Crippen LogP contribution in [-0.4, -0.2) is 49.8 Å². The maximum atomic E-state index is 11.8. The third-order valence-electron chi connectivity index (χ3n) is 3.65. The van der Waals surface area contributed by atoms with Crippen molar-refractivity contribution >= 4 is 12.1 Å². The van der Waals surface area contributed by atoms with Crippen LogP contribution < -0.4 is 5.32 Å². The van der Waals surface area contributed by atoms with Crippen LogP contribution in [0.1, 0.15) is 44.0 Å². The van der Waals surface area contributed by atoms with Crippen molar-refractivity contribution in [2.24, 2.45) is 5.92 Å². The van der Waals surface area contributed by atoms with Crippen molar-refractivity contribution < 1.29 is 24.5 Å². The number of hydrogen-bond donors (Lipinski definition) is 3. The molecule has 8 heteroatoms. The summed E-state index contributed by atoms with van der Waals surface area (Å²) in [4.78, 5) is 22.6. The fourth-order valence-corrected chi connectivity index (χ4v) is 2.72. The van der Waals surface area contributed by atoms with Gasteiger partial charge in [0.2, 0.25) is 0 Å². The van der Waals surface area contributed by atoms with E-state index < -0.39 is 23.8 Å². The second-order valence-electron chi connectivity index (χ2n) is 6.91. The van der Waals surface area contributed by atoms with Gasteiger partial charge in [-0.3, -0.25) is 4.68 Å². The number of carbonyl (C=O) groups is 2. The first kappa shape index (κ1) is 17.3. The first-order valence-corrected chi connectivity index (χ1v) is 7.57. The molecule has 1 aromatic heterocycles. The smallest absolute Gasteiger partial charge is 0.407 e. The zero-order valence-electron chi connectivity index (χ0n) is 13.5. The Labute approximate surface area is 134 Å². The molecule has 1 aromatic rings. The van der Waals surface area contributed by atoms with Crippen LogP contribution in [0.5, 0.6) is 0 Å². The van der Waals surface area contributed by atoms with Gasteiger partial charge in [0, 0.05) is 12.7 Å². The van der Waals surface area contributed by atoms with E-state index in [0.29, 0.717) is 19.4 Å². The topological polar surface area (TPSA) is 114 Å². The van der Waals surface area contributed by atoms with Crippen molar-refractivity contribution in [2.45, 2.75) is 57.9 Å². The Morgan fingerprint density at radius 1 is 1.43 bits per heavy atom. The molecule has 1 heterocycles. The number of aliphatic hydroxyl groups excluding tert-OH is 1. The largest absolute Gasteiger partial charge is 0.478 e. The number of carboxylic acid groups (broad SMARTS) is 1. The highest BCUT2D eigenvalue weighted by Gasteiger charge is 2.35. The maximum Gasteiger partial charge on any atom is 0.407 e. The number of aromatic carboxylic acids is 1. The second-order valence-corrected chi connectivity index (χ2v) is 6.91. The Morgan fingerprint density at radius 2 is 2.13 bits per heavy atom. The molecule has 8 nitrogen and oxygen atoms in total. The van der Waals surface area contributed by atoms with E-state index in [1.165, 1.54) is 12.4 Å². The number of aliphatic hydroxyl groups is 1. The molecule has 0 radical (unpaired) electrons. The zero-order valence-corrected chi connectivity index (χ0v) is 13.5. The number of carboxylic acids is 1. The molecular weight excluding hydrogens is 302 g/mol. The lowest BCUT2D eigenvalue weighted by atomic mass is 10.1. The molecule has 1 aliphatic carbocycles. The number of aromatic nitrogens is 2. The number of ether oxygens (including phenoxy) is 1. The monoisotopic (exact) mass is 325 g/mol. The number of nitrogens with zero attached hydrogens (tertiary/aromatic N) is 2. The number of carbonyl (C=O) groups excluding carboxylic acids is 1. The number of nitrogens with one attached hydrogen (secondary N) is 1. The Morgan fingerprint density at radius 3 is 2.70 bits per heavy atom. The van der Waals surface area contributed by atoms with Gasteiger partial charge in [0.1, 0.15) is 5.60 Å². The fourth-order valence-electron chi connectivity index (χ4n) is 2.72. The van der Waals surface area contributed by atoms with Crippen molar-refractivity contribution in [1.82, 2.24) is 15.1 Å². The molecule has 3 atom stereocenters. The minimum atomic E-state index is -1.02. The van der Waals surface area contributed by atoms with Gasteiger partial charge in [0.25, 0.3) is 0 Å². The Hall–Kier alpha value is -2.09. The van der Waals surface area contributed by atoms with Crippen LogP contribution >= 0.6 is 0 Å². The lowest BCUT2D eigenvalue weighted by Crippen LogP contribution is -2.42. The molecule has 1 unspecified atom stereocenters. The van der Waals surface area contributed by atoms with Crippen LogP contribution in [0.2, 0.25) is 0 Å². The van der Waals surface area contributed by atoms with E-state index in [4.69, 9.17) is 9.84 Å². The third kappa shape index (κ3) is 4.95. The van der Waals surface area contributed by atoms with E-state index in [-0.39, 0.29) is 17.5 Å². The molecular formula is C15H23N3O5. The van der Waals surface area contributed by atoms with Crippen molar-refractivity contribution in [3.8, 4) is 0 Å². The van der Waals surface area contributed by atoms with Crippen LogP contribution in [0.15, 0.2) is 12.4 Å². The number of rotatable bonds is 4. The van der Waals surface area contributed by atoms with Gasteiger partial charge in [0.05, 0.1) is 23.9 Å². The van der Waals surface area contributed by atoms with Gasteiger partial charge in [-0.05, 0) is 39.5 Å². The fraction of sp³-hybridized carbons (Fsp3) is 0.667. The molecule has 0 bridgehead atoms. The summed E-state index contributed by atoms with van der Waals surface area (Å²) in [5.41, 5.74) is -0.457.